The summed E-state index contributed by atoms with van der Waals surface area (Å²) < 4.78 is 0. The summed E-state index contributed by atoms with van der Waals surface area (Å²) in [4.78, 5) is 10.9. The van der Waals surface area contributed by atoms with Crippen molar-refractivity contribution in [1.29, 1.82) is 0 Å². The Morgan fingerprint density at radius 1 is 1.39 bits per heavy atom. The normalized spacial score (nSPS) is 16.9. The molecular formula is C15H19N3. The van der Waals surface area contributed by atoms with E-state index in [0.29, 0.717) is 0 Å². The number of amidine groups is 1. The van der Waals surface area contributed by atoms with Gasteiger partial charge in [0.05, 0.1) is 0 Å². The molecule has 0 aliphatic carbocycles. The van der Waals surface area contributed by atoms with Crippen LogP contribution < -0.4 is 0 Å². The molecule has 0 fully saturated rings. The van der Waals surface area contributed by atoms with Crippen molar-refractivity contribution in [2.75, 3.05) is 20.6 Å². The van der Waals surface area contributed by atoms with E-state index in [1.54, 1.807) is 19.3 Å². The van der Waals surface area contributed by atoms with Crippen molar-refractivity contribution in [3.05, 3.63) is 47.5 Å². The topological polar surface area (TPSA) is 28.0 Å². The number of allylic oxidation sites excluding steroid dienone is 1. The summed E-state index contributed by atoms with van der Waals surface area (Å²) in [5, 5.41) is 0. The van der Waals surface area contributed by atoms with E-state index in [1.165, 1.54) is 11.1 Å². The molecule has 0 spiro atoms. The van der Waals surface area contributed by atoms with Crippen LogP contribution >= 0.6 is 0 Å². The second kappa shape index (κ2) is 5.74. The summed E-state index contributed by atoms with van der Waals surface area (Å²) in [6.45, 7) is 5.78. The van der Waals surface area contributed by atoms with Crippen molar-refractivity contribution < 1.29 is 0 Å². The van der Waals surface area contributed by atoms with Gasteiger partial charge in [0.25, 0.3) is 0 Å². The zero-order valence-corrected chi connectivity index (χ0v) is 11.1. The van der Waals surface area contributed by atoms with Crippen LogP contribution in [0.2, 0.25) is 0 Å². The van der Waals surface area contributed by atoms with Gasteiger partial charge in [0.2, 0.25) is 0 Å². The van der Waals surface area contributed by atoms with Gasteiger partial charge >= 0.3 is 0 Å². The molecule has 1 aromatic carbocycles. The van der Waals surface area contributed by atoms with Crippen LogP contribution in [-0.2, 0) is 13.0 Å². The Hall–Kier alpha value is -1.74. The SMILES string of the molecule is C=CC=NC(=NC)c1ccc2c(c1)CCN(C)C2. The fourth-order valence-corrected chi connectivity index (χ4v) is 2.22. The van der Waals surface area contributed by atoms with Gasteiger partial charge in [-0.1, -0.05) is 24.8 Å². The number of fused-ring (bicyclic) bond motifs is 1. The minimum Gasteiger partial charge on any atom is -0.302 e. The van der Waals surface area contributed by atoms with Crippen molar-refractivity contribution in [2.24, 2.45) is 9.98 Å². The summed E-state index contributed by atoms with van der Waals surface area (Å²) in [6, 6.07) is 6.50. The molecule has 0 N–H and O–H groups in total. The second-order valence-corrected chi connectivity index (χ2v) is 4.53. The van der Waals surface area contributed by atoms with E-state index in [9.17, 15) is 0 Å². The van der Waals surface area contributed by atoms with Gasteiger partial charge in [-0.05, 0) is 30.7 Å². The Balaban J connectivity index is 2.31. The Labute approximate surface area is 109 Å². The predicted molar refractivity (Wildman–Crippen MR) is 77.6 cm³/mol. The molecule has 0 saturated heterocycles. The molecule has 0 aromatic heterocycles. The standard InChI is InChI=1S/C15H19N3/c1-4-8-17-15(16-2)13-5-6-14-11-18(3)9-7-12(14)10-13/h4-6,8,10H,1,7,9,11H2,2-3H3. The van der Waals surface area contributed by atoms with E-state index in [2.05, 4.69) is 46.7 Å². The highest BCUT2D eigenvalue weighted by Gasteiger charge is 2.14. The van der Waals surface area contributed by atoms with Gasteiger partial charge in [-0.3, -0.25) is 4.99 Å². The van der Waals surface area contributed by atoms with E-state index < -0.39 is 0 Å². The summed E-state index contributed by atoms with van der Waals surface area (Å²) in [6.07, 6.45) is 4.44. The first-order chi connectivity index (χ1) is 8.74. The highest BCUT2D eigenvalue weighted by atomic mass is 15.1. The van der Waals surface area contributed by atoms with Gasteiger partial charge in [-0.15, -0.1) is 0 Å². The third kappa shape index (κ3) is 2.74. The monoisotopic (exact) mass is 241 g/mol. The number of benzene rings is 1. The van der Waals surface area contributed by atoms with Crippen molar-refractivity contribution in [2.45, 2.75) is 13.0 Å². The molecule has 1 aromatic rings. The van der Waals surface area contributed by atoms with E-state index in [-0.39, 0.29) is 0 Å². The van der Waals surface area contributed by atoms with E-state index in [0.717, 1.165) is 30.9 Å². The average molecular weight is 241 g/mol. The minimum absolute atomic E-state index is 0.761. The highest BCUT2D eigenvalue weighted by Crippen LogP contribution is 2.20. The van der Waals surface area contributed by atoms with Crippen LogP contribution in [0.3, 0.4) is 0 Å². The first kappa shape index (κ1) is 12.7. The Bertz CT molecular complexity index is 500. The molecule has 18 heavy (non-hydrogen) atoms. The quantitative estimate of drug-likeness (QED) is 0.577. The van der Waals surface area contributed by atoms with Gasteiger partial charge in [0.15, 0.2) is 5.84 Å². The van der Waals surface area contributed by atoms with Crippen molar-refractivity contribution in [1.82, 2.24) is 4.90 Å². The molecule has 1 aliphatic heterocycles. The molecule has 3 heteroatoms. The van der Waals surface area contributed by atoms with Crippen LogP contribution in [0.15, 0.2) is 40.8 Å². The molecule has 2 rings (SSSR count). The Morgan fingerprint density at radius 2 is 2.22 bits per heavy atom. The number of nitrogens with zero attached hydrogens (tertiary/aromatic N) is 3. The molecule has 3 nitrogen and oxygen atoms in total. The van der Waals surface area contributed by atoms with Crippen LogP contribution in [0.1, 0.15) is 16.7 Å². The van der Waals surface area contributed by atoms with Gasteiger partial charge in [-0.25, -0.2) is 4.99 Å². The number of aliphatic imine (C=N–C) groups is 2. The lowest BCUT2D eigenvalue weighted by Gasteiger charge is -2.25. The van der Waals surface area contributed by atoms with Crippen LogP contribution in [0, 0.1) is 0 Å². The number of likely N-dealkylation sites (N-methyl/N-ethyl adjacent to an activating group) is 1. The van der Waals surface area contributed by atoms with Crippen LogP contribution in [-0.4, -0.2) is 37.6 Å². The summed E-state index contributed by atoms with van der Waals surface area (Å²) >= 11 is 0. The van der Waals surface area contributed by atoms with E-state index in [4.69, 9.17) is 0 Å². The lowest BCUT2D eigenvalue weighted by atomic mass is 9.97. The molecule has 1 heterocycles. The largest absolute Gasteiger partial charge is 0.302 e. The molecule has 0 saturated carbocycles. The molecule has 0 bridgehead atoms. The average Bonchev–Trinajstić information content (AvgIpc) is 2.39. The van der Waals surface area contributed by atoms with Gasteiger partial charge in [0.1, 0.15) is 0 Å². The maximum absolute atomic E-state index is 4.29. The zero-order valence-electron chi connectivity index (χ0n) is 11.1. The van der Waals surface area contributed by atoms with Crippen LogP contribution in [0.4, 0.5) is 0 Å². The fraction of sp³-hybridized carbons (Fsp3) is 0.333. The lowest BCUT2D eigenvalue weighted by Crippen LogP contribution is -2.26. The third-order valence-corrected chi connectivity index (χ3v) is 3.18. The molecule has 94 valence electrons. The molecule has 1 aliphatic rings. The van der Waals surface area contributed by atoms with Crippen molar-refractivity contribution in [3.63, 3.8) is 0 Å². The maximum atomic E-state index is 4.29. The van der Waals surface area contributed by atoms with Gasteiger partial charge < -0.3 is 4.90 Å². The van der Waals surface area contributed by atoms with Crippen molar-refractivity contribution >= 4 is 12.1 Å². The molecule has 0 amide bonds. The Morgan fingerprint density at radius 3 is 2.94 bits per heavy atom. The second-order valence-electron chi connectivity index (χ2n) is 4.53. The Kier molecular flexibility index (Phi) is 4.05. The third-order valence-electron chi connectivity index (χ3n) is 3.18. The highest BCUT2D eigenvalue weighted by molar-refractivity contribution is 6.04. The summed E-state index contributed by atoms with van der Waals surface area (Å²) in [7, 11) is 3.92. The number of hydrogen-bond donors (Lipinski definition) is 0. The predicted octanol–water partition coefficient (Wildman–Crippen LogP) is 2.31. The van der Waals surface area contributed by atoms with Gasteiger partial charge in [-0.2, -0.15) is 0 Å². The van der Waals surface area contributed by atoms with Crippen LogP contribution in [0.25, 0.3) is 0 Å². The van der Waals surface area contributed by atoms with Crippen LogP contribution in [0.5, 0.6) is 0 Å². The zero-order chi connectivity index (χ0) is 13.0. The molecule has 0 unspecified atom stereocenters. The number of hydrogen-bond acceptors (Lipinski definition) is 2. The fourth-order valence-electron chi connectivity index (χ4n) is 2.22. The molecule has 0 atom stereocenters. The maximum Gasteiger partial charge on any atom is 0.154 e. The smallest absolute Gasteiger partial charge is 0.154 e. The summed E-state index contributed by atoms with van der Waals surface area (Å²) in [5.41, 5.74) is 3.91. The van der Waals surface area contributed by atoms with E-state index in [1.807, 2.05) is 0 Å². The number of rotatable bonds is 2. The summed E-state index contributed by atoms with van der Waals surface area (Å²) in [5.74, 6) is 0.761. The first-order valence-corrected chi connectivity index (χ1v) is 6.17. The molecule has 0 radical (unpaired) electrons. The van der Waals surface area contributed by atoms with Gasteiger partial charge in [0, 0.05) is 31.9 Å². The minimum atomic E-state index is 0.761. The van der Waals surface area contributed by atoms with E-state index >= 15 is 0 Å². The van der Waals surface area contributed by atoms with Crippen molar-refractivity contribution in [3.8, 4) is 0 Å². The molecular weight excluding hydrogens is 222 g/mol. The first-order valence-electron chi connectivity index (χ1n) is 6.17. The lowest BCUT2D eigenvalue weighted by molar-refractivity contribution is 0.313.